The van der Waals surface area contributed by atoms with Gasteiger partial charge in [0.1, 0.15) is 0 Å². The SMILES string of the molecule is Clc1cc(Cl)c(Oc2nc(Cl)nc(Oc3c(Cl)cc(Cl)cc3Cl)n2)c(Cl)c1. The zero-order chi connectivity index (χ0) is 19.7. The average Bonchev–Trinajstić information content (AvgIpc) is 2.54. The fourth-order valence-corrected chi connectivity index (χ4v) is 3.77. The highest BCUT2D eigenvalue weighted by Crippen LogP contribution is 2.40. The van der Waals surface area contributed by atoms with Crippen molar-refractivity contribution in [2.24, 2.45) is 0 Å². The molecule has 0 amide bonds. The molecule has 1 aromatic heterocycles. The Bertz CT molecular complexity index is 909. The van der Waals surface area contributed by atoms with Crippen molar-refractivity contribution in [3.8, 4) is 23.5 Å². The molecule has 0 saturated carbocycles. The minimum Gasteiger partial charge on any atom is -0.421 e. The van der Waals surface area contributed by atoms with E-state index in [0.717, 1.165) is 0 Å². The summed E-state index contributed by atoms with van der Waals surface area (Å²) in [6.45, 7) is 0. The summed E-state index contributed by atoms with van der Waals surface area (Å²) in [5.41, 5.74) is 0. The van der Waals surface area contributed by atoms with Gasteiger partial charge in [0.05, 0.1) is 20.1 Å². The largest absolute Gasteiger partial charge is 0.421 e. The summed E-state index contributed by atoms with van der Waals surface area (Å²) < 4.78 is 11.0. The maximum atomic E-state index is 6.07. The molecule has 1 heterocycles. The van der Waals surface area contributed by atoms with Crippen LogP contribution in [0.1, 0.15) is 0 Å². The molecule has 0 unspecified atom stereocenters. The monoisotopic (exact) mass is 503 g/mol. The maximum absolute atomic E-state index is 6.07. The number of benzene rings is 2. The molecule has 0 aliphatic heterocycles. The van der Waals surface area contributed by atoms with Gasteiger partial charge < -0.3 is 9.47 Å². The Labute approximate surface area is 188 Å². The summed E-state index contributed by atoms with van der Waals surface area (Å²) >= 11 is 41.9. The molecule has 0 bridgehead atoms. The minimum absolute atomic E-state index is 0.0820. The second-order valence-corrected chi connectivity index (χ2v) is 7.61. The first-order valence-electron chi connectivity index (χ1n) is 6.79. The molecular weight excluding hydrogens is 502 g/mol. The van der Waals surface area contributed by atoms with E-state index in [4.69, 9.17) is 90.7 Å². The minimum atomic E-state index is -0.225. The molecule has 140 valence electrons. The van der Waals surface area contributed by atoms with Gasteiger partial charge in [-0.3, -0.25) is 0 Å². The molecule has 5 nitrogen and oxygen atoms in total. The van der Waals surface area contributed by atoms with E-state index in [9.17, 15) is 0 Å². The van der Waals surface area contributed by atoms with Gasteiger partial charge in [-0.25, -0.2) is 0 Å². The Morgan fingerprint density at radius 1 is 0.519 bits per heavy atom. The number of aromatic nitrogens is 3. The summed E-state index contributed by atoms with van der Waals surface area (Å²) in [7, 11) is 0. The van der Waals surface area contributed by atoms with Gasteiger partial charge in [0.15, 0.2) is 11.5 Å². The normalized spacial score (nSPS) is 10.8. The number of halogens is 7. The lowest BCUT2D eigenvalue weighted by Crippen LogP contribution is -2.00. The Kier molecular flexibility index (Phi) is 6.64. The first-order valence-corrected chi connectivity index (χ1v) is 9.44. The molecule has 0 atom stereocenters. The third-order valence-electron chi connectivity index (χ3n) is 2.88. The van der Waals surface area contributed by atoms with E-state index in [-0.39, 0.29) is 48.9 Å². The fraction of sp³-hybridized carbons (Fsp3) is 0. The van der Waals surface area contributed by atoms with Crippen molar-refractivity contribution in [2.45, 2.75) is 0 Å². The van der Waals surface area contributed by atoms with E-state index in [1.54, 1.807) is 0 Å². The molecule has 0 N–H and O–H groups in total. The molecule has 2 aromatic carbocycles. The number of rotatable bonds is 4. The zero-order valence-electron chi connectivity index (χ0n) is 12.6. The van der Waals surface area contributed by atoms with Crippen LogP contribution in [0.4, 0.5) is 0 Å². The van der Waals surface area contributed by atoms with Gasteiger partial charge in [-0.2, -0.15) is 9.97 Å². The molecule has 0 fully saturated rings. The molecule has 27 heavy (non-hydrogen) atoms. The molecule has 0 aliphatic rings. The van der Waals surface area contributed by atoms with Gasteiger partial charge in [0, 0.05) is 10.0 Å². The first-order chi connectivity index (χ1) is 12.7. The van der Waals surface area contributed by atoms with Gasteiger partial charge in [-0.05, 0) is 35.9 Å². The summed E-state index contributed by atoms with van der Waals surface area (Å²) in [5.74, 6) is 0.164. The van der Waals surface area contributed by atoms with Crippen LogP contribution in [0.5, 0.6) is 23.5 Å². The zero-order valence-corrected chi connectivity index (χ0v) is 17.9. The summed E-state index contributed by atoms with van der Waals surface area (Å²) in [6, 6.07) is 5.32. The van der Waals surface area contributed by atoms with Crippen LogP contribution in [0.15, 0.2) is 24.3 Å². The summed E-state index contributed by atoms with van der Waals surface area (Å²) in [5, 5.41) is 1.05. The van der Waals surface area contributed by atoms with Crippen molar-refractivity contribution >= 4 is 81.2 Å². The molecule has 3 aromatic rings. The fourth-order valence-electron chi connectivity index (χ4n) is 1.84. The van der Waals surface area contributed by atoms with Gasteiger partial charge >= 0.3 is 12.0 Å². The molecule has 3 rings (SSSR count). The van der Waals surface area contributed by atoms with Gasteiger partial charge in [0.25, 0.3) is 0 Å². The number of hydrogen-bond donors (Lipinski definition) is 0. The lowest BCUT2D eigenvalue weighted by molar-refractivity contribution is 0.397. The smallest absolute Gasteiger partial charge is 0.329 e. The second-order valence-electron chi connectivity index (χ2n) is 4.77. The van der Waals surface area contributed by atoms with E-state index in [1.165, 1.54) is 24.3 Å². The van der Waals surface area contributed by atoms with Crippen molar-refractivity contribution < 1.29 is 9.47 Å². The highest BCUT2D eigenvalue weighted by Gasteiger charge is 2.17. The predicted molar refractivity (Wildman–Crippen MR) is 108 cm³/mol. The number of hydrogen-bond acceptors (Lipinski definition) is 5. The van der Waals surface area contributed by atoms with E-state index in [0.29, 0.717) is 10.0 Å². The third-order valence-corrected chi connectivity index (χ3v) is 4.61. The molecule has 0 spiro atoms. The van der Waals surface area contributed by atoms with Crippen LogP contribution in [-0.2, 0) is 0 Å². The number of ether oxygens (including phenoxy) is 2. The van der Waals surface area contributed by atoms with E-state index >= 15 is 0 Å². The molecule has 0 saturated heterocycles. The van der Waals surface area contributed by atoms with Crippen LogP contribution < -0.4 is 9.47 Å². The Morgan fingerprint density at radius 3 is 1.19 bits per heavy atom. The molecule has 0 radical (unpaired) electrons. The van der Waals surface area contributed by atoms with Crippen LogP contribution in [-0.4, -0.2) is 15.0 Å². The highest BCUT2D eigenvalue weighted by atomic mass is 35.5. The van der Waals surface area contributed by atoms with Crippen molar-refractivity contribution in [3.63, 3.8) is 0 Å². The summed E-state index contributed by atoms with van der Waals surface area (Å²) in [4.78, 5) is 11.7. The quantitative estimate of drug-likeness (QED) is 0.359. The van der Waals surface area contributed by atoms with Crippen molar-refractivity contribution in [1.82, 2.24) is 15.0 Å². The predicted octanol–water partition coefficient (Wildman–Crippen LogP) is 8.03. The maximum Gasteiger partial charge on any atom is 0.329 e. The van der Waals surface area contributed by atoms with Gasteiger partial charge in [-0.15, -0.1) is 4.98 Å². The van der Waals surface area contributed by atoms with Gasteiger partial charge in [-0.1, -0.05) is 69.6 Å². The summed E-state index contributed by atoms with van der Waals surface area (Å²) in [6.07, 6.45) is 0. The van der Waals surface area contributed by atoms with E-state index in [2.05, 4.69) is 15.0 Å². The van der Waals surface area contributed by atoms with Crippen LogP contribution in [0, 0.1) is 0 Å². The average molecular weight is 506 g/mol. The van der Waals surface area contributed by atoms with Crippen molar-refractivity contribution in [2.75, 3.05) is 0 Å². The third kappa shape index (κ3) is 5.12. The molecule has 0 aliphatic carbocycles. The van der Waals surface area contributed by atoms with Crippen LogP contribution >= 0.6 is 81.2 Å². The second kappa shape index (κ2) is 8.62. The van der Waals surface area contributed by atoms with Crippen LogP contribution in [0.25, 0.3) is 0 Å². The van der Waals surface area contributed by atoms with Gasteiger partial charge in [0.2, 0.25) is 5.28 Å². The van der Waals surface area contributed by atoms with E-state index in [1.807, 2.05) is 0 Å². The molecule has 12 heteroatoms. The molecular formula is C15H4Cl7N3O2. The van der Waals surface area contributed by atoms with Crippen LogP contribution in [0.3, 0.4) is 0 Å². The van der Waals surface area contributed by atoms with E-state index < -0.39 is 0 Å². The van der Waals surface area contributed by atoms with Crippen molar-refractivity contribution in [3.05, 3.63) is 59.7 Å². The first kappa shape index (κ1) is 20.8. The number of nitrogens with zero attached hydrogens (tertiary/aromatic N) is 3. The lowest BCUT2D eigenvalue weighted by Gasteiger charge is -2.11. The Morgan fingerprint density at radius 2 is 0.852 bits per heavy atom. The van der Waals surface area contributed by atoms with Crippen molar-refractivity contribution in [1.29, 1.82) is 0 Å². The van der Waals surface area contributed by atoms with Crippen LogP contribution in [0.2, 0.25) is 35.4 Å². The topological polar surface area (TPSA) is 57.1 Å². The standard InChI is InChI=1S/C15H4Cl7N3O2/c16-5-1-7(18)11(8(19)2-5)26-14-23-13(22)24-15(25-14)27-12-9(20)3-6(17)4-10(12)21/h1-4H. The lowest BCUT2D eigenvalue weighted by atomic mass is 10.3. The Balaban J connectivity index is 1.94. The highest BCUT2D eigenvalue weighted by molar-refractivity contribution is 6.41. The Hall–Kier alpha value is -0.920.